The number of benzene rings is 2. The van der Waals surface area contributed by atoms with E-state index in [-0.39, 0.29) is 0 Å². The van der Waals surface area contributed by atoms with Crippen molar-refractivity contribution in [1.29, 1.82) is 0 Å². The van der Waals surface area contributed by atoms with Gasteiger partial charge in [-0.1, -0.05) is 26.0 Å². The average Bonchev–Trinajstić information content (AvgIpc) is 3.60. The molecule has 2 aromatic carbocycles. The zero-order valence-electron chi connectivity index (χ0n) is 20.3. The second kappa shape index (κ2) is 8.62. The summed E-state index contributed by atoms with van der Waals surface area (Å²) in [5.74, 6) is 3.03. The summed E-state index contributed by atoms with van der Waals surface area (Å²) in [6.07, 6.45) is 5.57. The van der Waals surface area contributed by atoms with Crippen molar-refractivity contribution in [1.82, 2.24) is 4.90 Å². The predicted octanol–water partition coefficient (Wildman–Crippen LogP) is 7.33. The van der Waals surface area contributed by atoms with Crippen LogP contribution in [0.4, 0.5) is 0 Å². The lowest BCUT2D eigenvalue weighted by atomic mass is 9.84. The summed E-state index contributed by atoms with van der Waals surface area (Å²) in [5, 5.41) is 2.32. The summed E-state index contributed by atoms with van der Waals surface area (Å²) >= 11 is 1.96. The van der Waals surface area contributed by atoms with Crippen molar-refractivity contribution in [3.05, 3.63) is 59.7 Å². The highest BCUT2D eigenvalue weighted by atomic mass is 32.1. The fraction of sp³-hybridized carbons (Fsp3) is 0.448. The molecule has 0 radical (unpaired) electrons. The quantitative estimate of drug-likeness (QED) is 0.280. The van der Waals surface area contributed by atoms with Gasteiger partial charge in [0.05, 0.1) is 25.4 Å². The van der Waals surface area contributed by atoms with E-state index in [0.717, 1.165) is 35.6 Å². The topological polar surface area (TPSA) is 34.8 Å². The Kier molecular flexibility index (Phi) is 5.57. The van der Waals surface area contributed by atoms with Crippen molar-refractivity contribution in [2.24, 2.45) is 11.3 Å². The van der Waals surface area contributed by atoms with Crippen LogP contribution >= 0.6 is 11.3 Å². The van der Waals surface area contributed by atoms with E-state index < -0.39 is 0 Å². The van der Waals surface area contributed by atoms with Crippen LogP contribution in [0.5, 0.6) is 11.5 Å². The van der Waals surface area contributed by atoms with Gasteiger partial charge in [0.15, 0.2) is 0 Å². The third-order valence-electron chi connectivity index (χ3n) is 8.12. The maximum absolute atomic E-state index is 6.24. The summed E-state index contributed by atoms with van der Waals surface area (Å²) in [6, 6.07) is 17.5. The molecule has 0 amide bonds. The standard InChI is InChI=1S/C29H33NO3S/c1-19(18-33-25-8-4-7-24-21(25)10-13-32-24)17-30-12-11-29(2)16-20(14-28(29)30)27-15-22-23(31-3)6-5-9-26(22)34-27/h4-10,13,15,19-20,28H,11-12,14,16-18H2,1-3H3/t19-,20?,28?,29?/m0/s1. The summed E-state index contributed by atoms with van der Waals surface area (Å²) in [5.41, 5.74) is 1.30. The lowest BCUT2D eigenvalue weighted by molar-refractivity contribution is 0.151. The van der Waals surface area contributed by atoms with Crippen molar-refractivity contribution in [3.8, 4) is 11.5 Å². The van der Waals surface area contributed by atoms with E-state index >= 15 is 0 Å². The Morgan fingerprint density at radius 3 is 2.88 bits per heavy atom. The fourth-order valence-corrected chi connectivity index (χ4v) is 7.59. The van der Waals surface area contributed by atoms with Gasteiger partial charge in [0.2, 0.25) is 0 Å². The molecule has 34 heavy (non-hydrogen) atoms. The normalized spacial score (nSPS) is 25.7. The summed E-state index contributed by atoms with van der Waals surface area (Å²) in [7, 11) is 1.77. The first-order valence-corrected chi connectivity index (χ1v) is 13.3. The molecule has 6 rings (SSSR count). The summed E-state index contributed by atoms with van der Waals surface area (Å²) in [6.45, 7) is 7.86. The van der Waals surface area contributed by atoms with E-state index in [0.29, 0.717) is 23.3 Å². The van der Waals surface area contributed by atoms with Crippen LogP contribution in [0.2, 0.25) is 0 Å². The van der Waals surface area contributed by atoms with Crippen LogP contribution in [0.3, 0.4) is 0 Å². The molecular weight excluding hydrogens is 442 g/mol. The number of ether oxygens (including phenoxy) is 2. The number of hydrogen-bond donors (Lipinski definition) is 0. The molecular formula is C29H33NO3S. The molecule has 3 heterocycles. The van der Waals surface area contributed by atoms with Crippen molar-refractivity contribution in [3.63, 3.8) is 0 Å². The summed E-state index contributed by atoms with van der Waals surface area (Å²) in [4.78, 5) is 4.28. The minimum absolute atomic E-state index is 0.411. The molecule has 4 nitrogen and oxygen atoms in total. The number of rotatable bonds is 7. The van der Waals surface area contributed by atoms with Gasteiger partial charge in [0.25, 0.3) is 0 Å². The minimum Gasteiger partial charge on any atom is -0.496 e. The molecule has 2 aromatic heterocycles. The van der Waals surface area contributed by atoms with Gasteiger partial charge in [0, 0.05) is 33.5 Å². The van der Waals surface area contributed by atoms with Crippen LogP contribution in [0.15, 0.2) is 59.2 Å². The number of nitrogens with zero attached hydrogens (tertiary/aromatic N) is 1. The lowest BCUT2D eigenvalue weighted by Gasteiger charge is -2.30. The van der Waals surface area contributed by atoms with Crippen molar-refractivity contribution >= 4 is 32.4 Å². The average molecular weight is 476 g/mol. The van der Waals surface area contributed by atoms with E-state index in [1.165, 1.54) is 40.8 Å². The van der Waals surface area contributed by atoms with Gasteiger partial charge >= 0.3 is 0 Å². The van der Waals surface area contributed by atoms with Crippen LogP contribution in [0, 0.1) is 11.3 Å². The van der Waals surface area contributed by atoms with Crippen LogP contribution in [-0.4, -0.2) is 37.7 Å². The molecule has 2 fully saturated rings. The molecule has 1 saturated heterocycles. The van der Waals surface area contributed by atoms with Crippen molar-refractivity contribution < 1.29 is 13.9 Å². The van der Waals surface area contributed by atoms with Gasteiger partial charge in [-0.15, -0.1) is 11.3 Å². The Morgan fingerprint density at radius 1 is 1.15 bits per heavy atom. The zero-order valence-corrected chi connectivity index (χ0v) is 21.1. The maximum atomic E-state index is 6.24. The maximum Gasteiger partial charge on any atom is 0.137 e. The van der Waals surface area contributed by atoms with Crippen molar-refractivity contribution in [2.75, 3.05) is 26.8 Å². The molecule has 5 heteroatoms. The first-order valence-electron chi connectivity index (χ1n) is 12.4. The largest absolute Gasteiger partial charge is 0.496 e. The monoisotopic (exact) mass is 475 g/mol. The number of methoxy groups -OCH3 is 1. The van der Waals surface area contributed by atoms with Gasteiger partial charge in [-0.25, -0.2) is 0 Å². The van der Waals surface area contributed by atoms with E-state index in [4.69, 9.17) is 13.9 Å². The molecule has 1 aliphatic heterocycles. The highest BCUT2D eigenvalue weighted by Gasteiger charge is 2.51. The highest BCUT2D eigenvalue weighted by molar-refractivity contribution is 7.19. The number of fused-ring (bicyclic) bond motifs is 3. The second-order valence-corrected chi connectivity index (χ2v) is 11.7. The smallest absolute Gasteiger partial charge is 0.137 e. The molecule has 4 atom stereocenters. The van der Waals surface area contributed by atoms with Gasteiger partial charge in [-0.2, -0.15) is 0 Å². The number of likely N-dealkylation sites (tertiary alicyclic amines) is 1. The molecule has 3 unspecified atom stereocenters. The molecule has 1 aliphatic carbocycles. The van der Waals surface area contributed by atoms with Crippen LogP contribution in [0.1, 0.15) is 43.9 Å². The minimum atomic E-state index is 0.411. The third kappa shape index (κ3) is 3.79. The molecule has 1 saturated carbocycles. The highest BCUT2D eigenvalue weighted by Crippen LogP contribution is 2.55. The number of furan rings is 1. The van der Waals surface area contributed by atoms with E-state index in [9.17, 15) is 0 Å². The van der Waals surface area contributed by atoms with Gasteiger partial charge < -0.3 is 13.9 Å². The van der Waals surface area contributed by atoms with Gasteiger partial charge in [-0.05, 0) is 73.5 Å². The molecule has 0 bridgehead atoms. The van der Waals surface area contributed by atoms with E-state index in [1.807, 2.05) is 35.6 Å². The van der Waals surface area contributed by atoms with Crippen LogP contribution in [-0.2, 0) is 0 Å². The third-order valence-corrected chi connectivity index (χ3v) is 9.39. The van der Waals surface area contributed by atoms with Gasteiger partial charge in [0.1, 0.15) is 17.1 Å². The Morgan fingerprint density at radius 2 is 2.00 bits per heavy atom. The first-order chi connectivity index (χ1) is 16.5. The summed E-state index contributed by atoms with van der Waals surface area (Å²) < 4.78 is 18.7. The Labute approximate surface area is 205 Å². The first kappa shape index (κ1) is 22.0. The molecule has 4 aromatic rings. The zero-order chi connectivity index (χ0) is 23.3. The van der Waals surface area contributed by atoms with E-state index in [1.54, 1.807) is 13.4 Å². The number of hydrogen-bond acceptors (Lipinski definition) is 5. The van der Waals surface area contributed by atoms with Crippen LogP contribution < -0.4 is 9.47 Å². The molecule has 0 spiro atoms. The SMILES string of the molecule is COc1cccc2sc(C3CC4N(C[C@H](C)COc5cccc6occc56)CCC4(C)C3)cc12. The Balaban J connectivity index is 1.12. The fourth-order valence-electron chi connectivity index (χ4n) is 6.40. The van der Waals surface area contributed by atoms with Crippen molar-refractivity contribution in [2.45, 2.75) is 45.1 Å². The lowest BCUT2D eigenvalue weighted by Crippen LogP contribution is -2.38. The predicted molar refractivity (Wildman–Crippen MR) is 139 cm³/mol. The molecule has 0 N–H and O–H groups in total. The second-order valence-electron chi connectivity index (χ2n) is 10.6. The number of thiophene rings is 1. The van der Waals surface area contributed by atoms with Gasteiger partial charge in [-0.3, -0.25) is 4.90 Å². The van der Waals surface area contributed by atoms with E-state index in [2.05, 4.69) is 43.0 Å². The Hall–Kier alpha value is -2.50. The molecule has 2 aliphatic rings. The molecule has 178 valence electrons. The van der Waals surface area contributed by atoms with Crippen LogP contribution in [0.25, 0.3) is 21.1 Å². The Bertz CT molecular complexity index is 1310.